The van der Waals surface area contributed by atoms with E-state index < -0.39 is 11.6 Å². The summed E-state index contributed by atoms with van der Waals surface area (Å²) in [6.45, 7) is 5.60. The van der Waals surface area contributed by atoms with Gasteiger partial charge in [0.1, 0.15) is 23.0 Å². The topological polar surface area (TPSA) is 75.6 Å². The monoisotopic (exact) mass is 380 g/mol. The highest BCUT2D eigenvalue weighted by atomic mass is 19.1. The molecule has 0 amide bonds. The van der Waals surface area contributed by atoms with Crippen molar-refractivity contribution in [2.45, 2.75) is 26.8 Å². The van der Waals surface area contributed by atoms with Crippen molar-refractivity contribution < 1.29 is 8.78 Å². The molecule has 2 aromatic heterocycles. The van der Waals surface area contributed by atoms with E-state index in [2.05, 4.69) is 42.4 Å². The molecule has 0 atom stereocenters. The number of anilines is 3. The molecule has 2 heterocycles. The molecule has 0 aliphatic heterocycles. The third-order valence-corrected chi connectivity index (χ3v) is 3.40. The molecule has 0 spiro atoms. The van der Waals surface area contributed by atoms with Gasteiger partial charge >= 0.3 is 0 Å². The van der Waals surface area contributed by atoms with Crippen LogP contribution < -0.4 is 10.6 Å². The summed E-state index contributed by atoms with van der Waals surface area (Å²) in [7, 11) is 0. The maximum absolute atomic E-state index is 13.5. The van der Waals surface area contributed by atoms with E-state index in [1.54, 1.807) is 25.1 Å². The SMILES string of the molecule is CC#Cc1cccc(-c2nc(Nc3cc(F)cc(F)c3)nc(NC(C)C)n2)n1. The molecule has 1 aromatic carbocycles. The van der Waals surface area contributed by atoms with Crippen LogP contribution in [-0.2, 0) is 0 Å². The van der Waals surface area contributed by atoms with Crippen LogP contribution in [0.3, 0.4) is 0 Å². The third kappa shape index (κ3) is 4.98. The lowest BCUT2D eigenvalue weighted by Gasteiger charge is -2.12. The van der Waals surface area contributed by atoms with Crippen molar-refractivity contribution in [1.29, 1.82) is 0 Å². The van der Waals surface area contributed by atoms with E-state index in [4.69, 9.17) is 0 Å². The number of hydrogen-bond acceptors (Lipinski definition) is 6. The first-order valence-electron chi connectivity index (χ1n) is 8.59. The molecule has 0 saturated heterocycles. The molecule has 28 heavy (non-hydrogen) atoms. The standard InChI is InChI=1S/C20H18F2N6/c1-4-6-15-7-5-8-17(24-15)18-26-19(23-12(2)3)28-20(27-18)25-16-10-13(21)9-14(22)11-16/h5,7-12H,1-3H3,(H2,23,25,26,27,28). The molecule has 0 aliphatic carbocycles. The Morgan fingerprint density at radius 1 is 0.929 bits per heavy atom. The van der Waals surface area contributed by atoms with Crippen LogP contribution in [0.4, 0.5) is 26.4 Å². The Morgan fingerprint density at radius 3 is 2.32 bits per heavy atom. The molecule has 0 saturated carbocycles. The van der Waals surface area contributed by atoms with E-state index in [0.717, 1.165) is 18.2 Å². The Balaban J connectivity index is 2.03. The van der Waals surface area contributed by atoms with Crippen LogP contribution in [-0.4, -0.2) is 26.0 Å². The van der Waals surface area contributed by atoms with Crippen LogP contribution in [0.5, 0.6) is 0 Å². The largest absolute Gasteiger partial charge is 0.352 e. The Morgan fingerprint density at radius 2 is 1.64 bits per heavy atom. The van der Waals surface area contributed by atoms with Crippen LogP contribution in [0.25, 0.3) is 11.5 Å². The van der Waals surface area contributed by atoms with E-state index in [-0.39, 0.29) is 17.7 Å². The maximum Gasteiger partial charge on any atom is 0.232 e. The van der Waals surface area contributed by atoms with Gasteiger partial charge in [0.2, 0.25) is 11.9 Å². The zero-order valence-corrected chi connectivity index (χ0v) is 15.6. The number of aromatic nitrogens is 4. The second-order valence-electron chi connectivity index (χ2n) is 6.17. The van der Waals surface area contributed by atoms with E-state index in [1.807, 2.05) is 13.8 Å². The number of hydrogen-bond donors (Lipinski definition) is 2. The Kier molecular flexibility index (Phi) is 5.75. The molecule has 3 rings (SSSR count). The molecule has 0 unspecified atom stereocenters. The van der Waals surface area contributed by atoms with E-state index >= 15 is 0 Å². The first-order chi connectivity index (χ1) is 13.4. The molecule has 2 N–H and O–H groups in total. The quantitative estimate of drug-likeness (QED) is 0.648. The lowest BCUT2D eigenvalue weighted by molar-refractivity contribution is 0.584. The van der Waals surface area contributed by atoms with Crippen LogP contribution in [0.15, 0.2) is 36.4 Å². The van der Waals surface area contributed by atoms with Gasteiger partial charge in [-0.05, 0) is 51.0 Å². The first-order valence-corrected chi connectivity index (χ1v) is 8.59. The van der Waals surface area contributed by atoms with Crippen molar-refractivity contribution in [3.8, 4) is 23.4 Å². The molecule has 8 heteroatoms. The van der Waals surface area contributed by atoms with E-state index in [9.17, 15) is 8.78 Å². The fourth-order valence-electron chi connectivity index (χ4n) is 2.38. The molecular weight excluding hydrogens is 362 g/mol. The van der Waals surface area contributed by atoms with E-state index in [1.165, 1.54) is 0 Å². The molecule has 6 nitrogen and oxygen atoms in total. The molecule has 0 bridgehead atoms. The Hall–Kier alpha value is -3.60. The van der Waals surface area contributed by atoms with Crippen LogP contribution >= 0.6 is 0 Å². The third-order valence-electron chi connectivity index (χ3n) is 3.40. The number of pyridine rings is 1. The van der Waals surface area contributed by atoms with Crippen LogP contribution in [0, 0.1) is 23.5 Å². The zero-order chi connectivity index (χ0) is 20.1. The molecular formula is C20H18F2N6. The van der Waals surface area contributed by atoms with Gasteiger partial charge in [0, 0.05) is 17.8 Å². The average Bonchev–Trinajstić information content (AvgIpc) is 2.60. The number of nitrogens with one attached hydrogen (secondary N) is 2. The number of nitrogens with zero attached hydrogens (tertiary/aromatic N) is 4. The lowest BCUT2D eigenvalue weighted by atomic mass is 10.3. The summed E-state index contributed by atoms with van der Waals surface area (Å²) in [6, 6.07) is 8.50. The number of halogens is 2. The second-order valence-corrected chi connectivity index (χ2v) is 6.17. The van der Waals surface area contributed by atoms with Crippen molar-refractivity contribution in [3.63, 3.8) is 0 Å². The first kappa shape index (κ1) is 19.2. The summed E-state index contributed by atoms with van der Waals surface area (Å²) >= 11 is 0. The maximum atomic E-state index is 13.5. The summed E-state index contributed by atoms with van der Waals surface area (Å²) < 4.78 is 26.9. The fraction of sp³-hybridized carbons (Fsp3) is 0.200. The highest BCUT2D eigenvalue weighted by Gasteiger charge is 2.12. The van der Waals surface area contributed by atoms with Gasteiger partial charge < -0.3 is 10.6 Å². The molecule has 0 radical (unpaired) electrons. The summed E-state index contributed by atoms with van der Waals surface area (Å²) in [5.74, 6) is 5.02. The van der Waals surface area contributed by atoms with Gasteiger partial charge in [0.25, 0.3) is 0 Å². The van der Waals surface area contributed by atoms with Crippen LogP contribution in [0.2, 0.25) is 0 Å². The summed E-state index contributed by atoms with van der Waals surface area (Å²) in [6.07, 6.45) is 0. The van der Waals surface area contributed by atoms with Gasteiger partial charge in [0.15, 0.2) is 5.82 Å². The normalized spacial score (nSPS) is 10.4. The summed E-state index contributed by atoms with van der Waals surface area (Å²) in [5.41, 5.74) is 1.27. The van der Waals surface area contributed by atoms with Crippen LogP contribution in [0.1, 0.15) is 26.5 Å². The number of rotatable bonds is 5. The number of benzene rings is 1. The molecule has 0 fully saturated rings. The minimum atomic E-state index is -0.704. The van der Waals surface area contributed by atoms with Crippen molar-refractivity contribution >= 4 is 17.6 Å². The van der Waals surface area contributed by atoms with Gasteiger partial charge in [-0.2, -0.15) is 15.0 Å². The van der Waals surface area contributed by atoms with Gasteiger partial charge in [-0.15, -0.1) is 0 Å². The van der Waals surface area contributed by atoms with Crippen molar-refractivity contribution in [1.82, 2.24) is 19.9 Å². The fourth-order valence-corrected chi connectivity index (χ4v) is 2.38. The Labute approximate surface area is 161 Å². The van der Waals surface area contributed by atoms with E-state index in [0.29, 0.717) is 23.2 Å². The zero-order valence-electron chi connectivity index (χ0n) is 15.6. The predicted molar refractivity (Wildman–Crippen MR) is 104 cm³/mol. The van der Waals surface area contributed by atoms with Gasteiger partial charge in [-0.3, -0.25) is 0 Å². The van der Waals surface area contributed by atoms with Gasteiger partial charge in [-0.25, -0.2) is 13.8 Å². The molecule has 0 aliphatic rings. The Bertz CT molecular complexity index is 1040. The average molecular weight is 380 g/mol. The molecule has 142 valence electrons. The summed E-state index contributed by atoms with van der Waals surface area (Å²) in [5, 5.41) is 5.91. The lowest BCUT2D eigenvalue weighted by Crippen LogP contribution is -2.14. The highest BCUT2D eigenvalue weighted by Crippen LogP contribution is 2.21. The van der Waals surface area contributed by atoms with Crippen molar-refractivity contribution in [2.75, 3.05) is 10.6 Å². The predicted octanol–water partition coefficient (Wildman–Crippen LogP) is 4.15. The second kappa shape index (κ2) is 8.39. The summed E-state index contributed by atoms with van der Waals surface area (Å²) in [4.78, 5) is 17.4. The minimum Gasteiger partial charge on any atom is -0.352 e. The molecule has 3 aromatic rings. The van der Waals surface area contributed by atoms with Gasteiger partial charge in [0.05, 0.1) is 0 Å². The van der Waals surface area contributed by atoms with Crippen molar-refractivity contribution in [3.05, 3.63) is 53.7 Å². The van der Waals surface area contributed by atoms with Crippen molar-refractivity contribution in [2.24, 2.45) is 0 Å². The smallest absolute Gasteiger partial charge is 0.232 e. The van der Waals surface area contributed by atoms with Gasteiger partial charge in [-0.1, -0.05) is 12.0 Å². The minimum absolute atomic E-state index is 0.0694. The highest BCUT2D eigenvalue weighted by molar-refractivity contribution is 5.59.